The Morgan fingerprint density at radius 3 is 2.29 bits per heavy atom. The molecular weight excluding hydrogens is 294 g/mol. The van der Waals surface area contributed by atoms with Crippen LogP contribution in [0.5, 0.6) is 5.75 Å². The molecule has 1 atom stereocenters. The zero-order valence-corrected chi connectivity index (χ0v) is 13.0. The van der Waals surface area contributed by atoms with Crippen LogP contribution < -0.4 is 10.5 Å². The minimum absolute atomic E-state index is 0.0244. The van der Waals surface area contributed by atoms with E-state index in [0.717, 1.165) is 16.3 Å². The number of alkyl halides is 2. The summed E-state index contributed by atoms with van der Waals surface area (Å²) in [6.45, 7) is 3.45. The number of hydrogen-bond acceptors (Lipinski definition) is 4. The SMILES string of the molecule is CC(C)(C)c1csc(C(N)c2ccc(OC(F)F)cc2)n1. The van der Waals surface area contributed by atoms with Crippen LogP contribution in [0.15, 0.2) is 29.6 Å². The first kappa shape index (κ1) is 15.9. The maximum absolute atomic E-state index is 12.1. The van der Waals surface area contributed by atoms with Crippen molar-refractivity contribution in [3.05, 3.63) is 45.9 Å². The molecule has 0 spiro atoms. The van der Waals surface area contributed by atoms with Crippen LogP contribution >= 0.6 is 11.3 Å². The summed E-state index contributed by atoms with van der Waals surface area (Å²) in [4.78, 5) is 4.57. The van der Waals surface area contributed by atoms with Gasteiger partial charge in [-0.15, -0.1) is 11.3 Å². The van der Waals surface area contributed by atoms with E-state index in [-0.39, 0.29) is 17.2 Å². The topological polar surface area (TPSA) is 48.1 Å². The minimum Gasteiger partial charge on any atom is -0.435 e. The predicted molar refractivity (Wildman–Crippen MR) is 79.9 cm³/mol. The van der Waals surface area contributed by atoms with Gasteiger partial charge in [0.2, 0.25) is 0 Å². The fourth-order valence-corrected chi connectivity index (χ4v) is 2.85. The van der Waals surface area contributed by atoms with E-state index in [4.69, 9.17) is 5.73 Å². The highest BCUT2D eigenvalue weighted by Gasteiger charge is 2.20. The van der Waals surface area contributed by atoms with Crippen LogP contribution in [0, 0.1) is 0 Å². The van der Waals surface area contributed by atoms with Gasteiger partial charge in [0.15, 0.2) is 0 Å². The van der Waals surface area contributed by atoms with Gasteiger partial charge in [-0.25, -0.2) is 4.98 Å². The van der Waals surface area contributed by atoms with Crippen molar-refractivity contribution in [1.82, 2.24) is 4.98 Å². The van der Waals surface area contributed by atoms with E-state index in [1.807, 2.05) is 5.38 Å². The molecule has 114 valence electrons. The molecule has 0 aliphatic carbocycles. The van der Waals surface area contributed by atoms with E-state index < -0.39 is 6.61 Å². The van der Waals surface area contributed by atoms with Gasteiger partial charge in [-0.2, -0.15) is 8.78 Å². The summed E-state index contributed by atoms with van der Waals surface area (Å²) in [6, 6.07) is 5.96. The number of halogens is 2. The molecule has 0 fully saturated rings. The fraction of sp³-hybridized carbons (Fsp3) is 0.400. The van der Waals surface area contributed by atoms with Crippen molar-refractivity contribution in [3.63, 3.8) is 0 Å². The molecule has 0 aliphatic heterocycles. The zero-order valence-electron chi connectivity index (χ0n) is 12.1. The van der Waals surface area contributed by atoms with E-state index in [0.29, 0.717) is 0 Å². The third-order valence-corrected chi connectivity index (χ3v) is 3.95. The smallest absolute Gasteiger partial charge is 0.387 e. The molecule has 0 saturated carbocycles. The monoisotopic (exact) mass is 312 g/mol. The lowest BCUT2D eigenvalue weighted by molar-refractivity contribution is -0.0498. The van der Waals surface area contributed by atoms with Crippen LogP contribution in [0.3, 0.4) is 0 Å². The van der Waals surface area contributed by atoms with Gasteiger partial charge < -0.3 is 10.5 Å². The number of hydrogen-bond donors (Lipinski definition) is 1. The van der Waals surface area contributed by atoms with Crippen LogP contribution in [0.1, 0.15) is 43.1 Å². The first-order valence-electron chi connectivity index (χ1n) is 6.53. The molecule has 0 aliphatic rings. The van der Waals surface area contributed by atoms with Crippen LogP contribution in [-0.2, 0) is 5.41 Å². The average molecular weight is 312 g/mol. The molecule has 1 heterocycles. The Hall–Kier alpha value is -1.53. The number of nitrogens with two attached hydrogens (primary N) is 1. The Balaban J connectivity index is 2.16. The summed E-state index contributed by atoms with van der Waals surface area (Å²) in [5.74, 6) is 0.121. The molecular formula is C15H18F2N2OS. The van der Waals surface area contributed by atoms with Crippen molar-refractivity contribution in [1.29, 1.82) is 0 Å². The summed E-state index contributed by atoms with van der Waals surface area (Å²) in [6.07, 6.45) is 0. The number of aromatic nitrogens is 1. The zero-order chi connectivity index (χ0) is 15.6. The molecule has 1 aromatic carbocycles. The van der Waals surface area contributed by atoms with Crippen LogP contribution in [-0.4, -0.2) is 11.6 Å². The van der Waals surface area contributed by atoms with Gasteiger partial charge in [-0.05, 0) is 17.7 Å². The van der Waals surface area contributed by atoms with Gasteiger partial charge in [0.05, 0.1) is 11.7 Å². The second-order valence-corrected chi connectivity index (χ2v) is 6.64. The van der Waals surface area contributed by atoms with Crippen LogP contribution in [0.25, 0.3) is 0 Å². The molecule has 0 saturated heterocycles. The maximum Gasteiger partial charge on any atom is 0.387 e. The van der Waals surface area contributed by atoms with Gasteiger partial charge in [0.25, 0.3) is 0 Å². The molecule has 1 aromatic heterocycles. The first-order chi connectivity index (χ1) is 9.77. The van der Waals surface area contributed by atoms with Crippen LogP contribution in [0.4, 0.5) is 8.78 Å². The molecule has 2 N–H and O–H groups in total. The van der Waals surface area contributed by atoms with E-state index in [2.05, 4.69) is 30.5 Å². The van der Waals surface area contributed by atoms with Gasteiger partial charge in [-0.1, -0.05) is 32.9 Å². The highest BCUT2D eigenvalue weighted by Crippen LogP contribution is 2.29. The minimum atomic E-state index is -2.82. The number of nitrogens with zero attached hydrogens (tertiary/aromatic N) is 1. The largest absolute Gasteiger partial charge is 0.435 e. The first-order valence-corrected chi connectivity index (χ1v) is 7.41. The van der Waals surface area contributed by atoms with Crippen molar-refractivity contribution in [2.75, 3.05) is 0 Å². The summed E-state index contributed by atoms with van der Waals surface area (Å²) in [7, 11) is 0. The fourth-order valence-electron chi connectivity index (χ4n) is 1.77. The number of rotatable bonds is 4. The Morgan fingerprint density at radius 1 is 1.19 bits per heavy atom. The molecule has 0 bridgehead atoms. The quantitative estimate of drug-likeness (QED) is 0.925. The Bertz CT molecular complexity index is 590. The van der Waals surface area contributed by atoms with Crippen molar-refractivity contribution in [2.45, 2.75) is 38.8 Å². The highest BCUT2D eigenvalue weighted by atomic mass is 32.1. The van der Waals surface area contributed by atoms with E-state index in [9.17, 15) is 8.78 Å². The lowest BCUT2D eigenvalue weighted by Crippen LogP contribution is -2.15. The van der Waals surface area contributed by atoms with E-state index in [1.165, 1.54) is 23.5 Å². The molecule has 1 unspecified atom stereocenters. The lowest BCUT2D eigenvalue weighted by Gasteiger charge is -2.15. The van der Waals surface area contributed by atoms with Crippen molar-refractivity contribution >= 4 is 11.3 Å². The second kappa shape index (κ2) is 6.07. The number of thiazole rings is 1. The normalized spacial score (nSPS) is 13.5. The molecule has 0 amide bonds. The highest BCUT2D eigenvalue weighted by molar-refractivity contribution is 7.09. The van der Waals surface area contributed by atoms with Gasteiger partial charge >= 0.3 is 6.61 Å². The summed E-state index contributed by atoms with van der Waals surface area (Å²) >= 11 is 1.51. The van der Waals surface area contributed by atoms with E-state index in [1.54, 1.807) is 12.1 Å². The molecule has 0 radical (unpaired) electrons. The number of ether oxygens (including phenoxy) is 1. The Kier molecular flexibility index (Phi) is 4.58. The summed E-state index contributed by atoms with van der Waals surface area (Å²) < 4.78 is 28.5. The van der Waals surface area contributed by atoms with Crippen molar-refractivity contribution in [2.24, 2.45) is 5.73 Å². The summed E-state index contributed by atoms with van der Waals surface area (Å²) in [5, 5.41) is 2.81. The third kappa shape index (κ3) is 3.98. The summed E-state index contributed by atoms with van der Waals surface area (Å²) in [5.41, 5.74) is 7.97. The molecule has 3 nitrogen and oxygen atoms in total. The predicted octanol–water partition coefficient (Wildman–Crippen LogP) is 4.09. The van der Waals surface area contributed by atoms with Gasteiger partial charge in [-0.3, -0.25) is 0 Å². The van der Waals surface area contributed by atoms with Gasteiger partial charge in [0, 0.05) is 10.8 Å². The lowest BCUT2D eigenvalue weighted by atomic mass is 9.93. The van der Waals surface area contributed by atoms with Crippen LogP contribution in [0.2, 0.25) is 0 Å². The average Bonchev–Trinajstić information content (AvgIpc) is 2.87. The molecule has 6 heteroatoms. The third-order valence-electron chi connectivity index (χ3n) is 3.02. The van der Waals surface area contributed by atoms with Crippen molar-refractivity contribution < 1.29 is 13.5 Å². The van der Waals surface area contributed by atoms with Gasteiger partial charge in [0.1, 0.15) is 10.8 Å². The molecule has 21 heavy (non-hydrogen) atoms. The van der Waals surface area contributed by atoms with E-state index >= 15 is 0 Å². The second-order valence-electron chi connectivity index (χ2n) is 5.75. The van der Waals surface area contributed by atoms with Crippen molar-refractivity contribution in [3.8, 4) is 5.75 Å². The standard InChI is InChI=1S/C15H18F2N2OS/c1-15(2,3)11-8-21-13(19-11)12(18)9-4-6-10(7-5-9)20-14(16)17/h4-8,12,14H,18H2,1-3H3. The Labute approximate surface area is 126 Å². The molecule has 2 aromatic rings. The molecule has 2 rings (SSSR count). The maximum atomic E-state index is 12.1. The Morgan fingerprint density at radius 2 is 1.81 bits per heavy atom. The number of benzene rings is 1.